The van der Waals surface area contributed by atoms with Crippen LogP contribution >= 0.6 is 0 Å². The third-order valence-corrected chi connectivity index (χ3v) is 2.83. The van der Waals surface area contributed by atoms with E-state index in [1.54, 1.807) is 19.6 Å². The van der Waals surface area contributed by atoms with E-state index in [-0.39, 0.29) is 5.92 Å². The van der Waals surface area contributed by atoms with Crippen LogP contribution in [0.25, 0.3) is 0 Å². The molecule has 4 heteroatoms. The highest BCUT2D eigenvalue weighted by Gasteiger charge is 2.19. The molecule has 92 valence electrons. The van der Waals surface area contributed by atoms with Gasteiger partial charge in [-0.05, 0) is 18.8 Å². The van der Waals surface area contributed by atoms with E-state index in [2.05, 4.69) is 11.9 Å². The van der Waals surface area contributed by atoms with Crippen molar-refractivity contribution in [2.75, 3.05) is 13.7 Å². The van der Waals surface area contributed by atoms with Crippen LogP contribution < -0.4 is 0 Å². The average molecular weight is 226 g/mol. The molecule has 2 unspecified atom stereocenters. The van der Waals surface area contributed by atoms with E-state index < -0.39 is 6.10 Å². The van der Waals surface area contributed by atoms with E-state index >= 15 is 0 Å². The SMILES string of the molecule is CCCn1cncc1C(O)C(C)CCOC. The topological polar surface area (TPSA) is 47.3 Å². The van der Waals surface area contributed by atoms with Gasteiger partial charge in [-0.2, -0.15) is 0 Å². The fraction of sp³-hybridized carbons (Fsp3) is 0.750. The highest BCUT2D eigenvalue weighted by molar-refractivity contribution is 5.03. The lowest BCUT2D eigenvalue weighted by molar-refractivity contribution is 0.0825. The monoisotopic (exact) mass is 226 g/mol. The molecule has 1 N–H and O–H groups in total. The Morgan fingerprint density at radius 3 is 2.94 bits per heavy atom. The number of aryl methyl sites for hydroxylation is 1. The van der Waals surface area contributed by atoms with Crippen molar-refractivity contribution in [1.82, 2.24) is 9.55 Å². The number of aliphatic hydroxyl groups is 1. The minimum absolute atomic E-state index is 0.187. The van der Waals surface area contributed by atoms with E-state index in [0.29, 0.717) is 6.61 Å². The van der Waals surface area contributed by atoms with Gasteiger partial charge in [0, 0.05) is 20.3 Å². The number of methoxy groups -OCH3 is 1. The molecular weight excluding hydrogens is 204 g/mol. The predicted molar refractivity (Wildman–Crippen MR) is 63.1 cm³/mol. The zero-order valence-electron chi connectivity index (χ0n) is 10.4. The van der Waals surface area contributed by atoms with Gasteiger partial charge in [-0.3, -0.25) is 0 Å². The Labute approximate surface area is 97.3 Å². The molecule has 0 aliphatic rings. The van der Waals surface area contributed by atoms with Crippen molar-refractivity contribution in [1.29, 1.82) is 0 Å². The van der Waals surface area contributed by atoms with E-state index in [1.165, 1.54) is 0 Å². The second kappa shape index (κ2) is 6.66. The normalized spacial score (nSPS) is 15.0. The van der Waals surface area contributed by atoms with Crippen molar-refractivity contribution in [3.63, 3.8) is 0 Å². The first-order chi connectivity index (χ1) is 7.70. The summed E-state index contributed by atoms with van der Waals surface area (Å²) in [6.45, 7) is 5.74. The fourth-order valence-electron chi connectivity index (χ4n) is 1.76. The quantitative estimate of drug-likeness (QED) is 0.773. The van der Waals surface area contributed by atoms with Gasteiger partial charge in [0.25, 0.3) is 0 Å². The van der Waals surface area contributed by atoms with Crippen molar-refractivity contribution in [2.45, 2.75) is 39.3 Å². The lowest BCUT2D eigenvalue weighted by Gasteiger charge is -2.19. The third kappa shape index (κ3) is 3.32. The highest BCUT2D eigenvalue weighted by Crippen LogP contribution is 2.24. The van der Waals surface area contributed by atoms with Gasteiger partial charge < -0.3 is 14.4 Å². The molecule has 1 rings (SSSR count). The van der Waals surface area contributed by atoms with Crippen molar-refractivity contribution >= 4 is 0 Å². The number of hydrogen-bond donors (Lipinski definition) is 1. The fourth-order valence-corrected chi connectivity index (χ4v) is 1.76. The van der Waals surface area contributed by atoms with Crippen molar-refractivity contribution in [2.24, 2.45) is 5.92 Å². The smallest absolute Gasteiger partial charge is 0.0982 e. The standard InChI is InChI=1S/C12H22N2O2/c1-4-6-14-9-13-8-11(14)12(15)10(2)5-7-16-3/h8-10,12,15H,4-7H2,1-3H3. The molecule has 0 aromatic carbocycles. The van der Waals surface area contributed by atoms with E-state index in [1.807, 2.05) is 11.5 Å². The van der Waals surface area contributed by atoms with Gasteiger partial charge in [-0.25, -0.2) is 4.98 Å². The predicted octanol–water partition coefficient (Wildman–Crippen LogP) is 2.00. The number of nitrogens with zero attached hydrogens (tertiary/aromatic N) is 2. The van der Waals surface area contributed by atoms with Crippen LogP contribution in [0, 0.1) is 5.92 Å². The molecule has 1 aromatic heterocycles. The average Bonchev–Trinajstić information content (AvgIpc) is 2.73. The summed E-state index contributed by atoms with van der Waals surface area (Å²) in [5.41, 5.74) is 0.908. The molecule has 16 heavy (non-hydrogen) atoms. The maximum Gasteiger partial charge on any atom is 0.0982 e. The molecule has 0 bridgehead atoms. The first-order valence-electron chi connectivity index (χ1n) is 5.87. The third-order valence-electron chi connectivity index (χ3n) is 2.83. The van der Waals surface area contributed by atoms with Gasteiger partial charge in [0.05, 0.1) is 24.3 Å². The summed E-state index contributed by atoms with van der Waals surface area (Å²) < 4.78 is 7.05. The molecule has 4 nitrogen and oxygen atoms in total. The molecule has 0 saturated carbocycles. The molecule has 0 aliphatic carbocycles. The van der Waals surface area contributed by atoms with Gasteiger partial charge in [0.1, 0.15) is 0 Å². The molecule has 0 aliphatic heterocycles. The van der Waals surface area contributed by atoms with Gasteiger partial charge in [0.2, 0.25) is 0 Å². The van der Waals surface area contributed by atoms with E-state index in [9.17, 15) is 5.11 Å². The maximum atomic E-state index is 10.2. The molecule has 0 fully saturated rings. The Morgan fingerprint density at radius 2 is 2.31 bits per heavy atom. The summed E-state index contributed by atoms with van der Waals surface area (Å²) in [4.78, 5) is 4.10. The molecule has 0 saturated heterocycles. The molecular formula is C12H22N2O2. The van der Waals surface area contributed by atoms with Crippen LogP contribution in [0.5, 0.6) is 0 Å². The molecule has 1 heterocycles. The summed E-state index contributed by atoms with van der Waals surface area (Å²) in [6.07, 6.45) is 4.98. The van der Waals surface area contributed by atoms with Gasteiger partial charge in [-0.1, -0.05) is 13.8 Å². The van der Waals surface area contributed by atoms with Gasteiger partial charge in [-0.15, -0.1) is 0 Å². The van der Waals surface area contributed by atoms with Gasteiger partial charge in [0.15, 0.2) is 0 Å². The largest absolute Gasteiger partial charge is 0.387 e. The molecule has 0 amide bonds. The number of hydrogen-bond acceptors (Lipinski definition) is 3. The highest BCUT2D eigenvalue weighted by atomic mass is 16.5. The summed E-state index contributed by atoms with van der Waals surface area (Å²) in [5.74, 6) is 0.187. The number of aliphatic hydroxyl groups excluding tert-OH is 1. The Morgan fingerprint density at radius 1 is 1.56 bits per heavy atom. The van der Waals surface area contributed by atoms with Crippen molar-refractivity contribution < 1.29 is 9.84 Å². The van der Waals surface area contributed by atoms with Crippen LogP contribution in [0.15, 0.2) is 12.5 Å². The van der Waals surface area contributed by atoms with Crippen molar-refractivity contribution in [3.05, 3.63) is 18.2 Å². The molecule has 0 spiro atoms. The van der Waals surface area contributed by atoms with Crippen LogP contribution in [0.3, 0.4) is 0 Å². The Bertz CT molecular complexity index is 299. The molecule has 1 aromatic rings. The number of ether oxygens (including phenoxy) is 1. The van der Waals surface area contributed by atoms with Crippen molar-refractivity contribution in [3.8, 4) is 0 Å². The maximum absolute atomic E-state index is 10.2. The van der Waals surface area contributed by atoms with Crippen LogP contribution in [0.2, 0.25) is 0 Å². The minimum Gasteiger partial charge on any atom is -0.387 e. The summed E-state index contributed by atoms with van der Waals surface area (Å²) in [7, 11) is 1.68. The molecule has 0 radical (unpaired) electrons. The molecule has 2 atom stereocenters. The first kappa shape index (κ1) is 13.2. The Kier molecular flexibility index (Phi) is 5.49. The van der Waals surface area contributed by atoms with Crippen LogP contribution in [0.4, 0.5) is 0 Å². The second-order valence-electron chi connectivity index (χ2n) is 4.22. The lowest BCUT2D eigenvalue weighted by atomic mass is 9.99. The summed E-state index contributed by atoms with van der Waals surface area (Å²) in [5, 5.41) is 10.2. The van der Waals surface area contributed by atoms with Gasteiger partial charge >= 0.3 is 0 Å². The lowest BCUT2D eigenvalue weighted by Crippen LogP contribution is -2.15. The summed E-state index contributed by atoms with van der Waals surface area (Å²) >= 11 is 0. The number of imidazole rings is 1. The Balaban J connectivity index is 2.63. The number of aromatic nitrogens is 2. The Hall–Kier alpha value is -0.870. The van der Waals surface area contributed by atoms with E-state index in [4.69, 9.17) is 4.74 Å². The second-order valence-corrected chi connectivity index (χ2v) is 4.22. The zero-order chi connectivity index (χ0) is 12.0. The number of rotatable bonds is 7. The first-order valence-corrected chi connectivity index (χ1v) is 5.87. The van der Waals surface area contributed by atoms with E-state index in [0.717, 1.165) is 25.1 Å². The van der Waals surface area contributed by atoms with Crippen LogP contribution in [-0.4, -0.2) is 28.4 Å². The van der Waals surface area contributed by atoms with Crippen LogP contribution in [-0.2, 0) is 11.3 Å². The minimum atomic E-state index is -0.454. The zero-order valence-corrected chi connectivity index (χ0v) is 10.4. The summed E-state index contributed by atoms with van der Waals surface area (Å²) in [6, 6.07) is 0. The van der Waals surface area contributed by atoms with Crippen LogP contribution in [0.1, 0.15) is 38.5 Å².